The van der Waals surface area contributed by atoms with E-state index in [0.717, 1.165) is 11.3 Å². The highest BCUT2D eigenvalue weighted by Crippen LogP contribution is 2.52. The van der Waals surface area contributed by atoms with Crippen LogP contribution in [0.5, 0.6) is 0 Å². The minimum Gasteiger partial charge on any atom is -0.454 e. The lowest BCUT2D eigenvalue weighted by Gasteiger charge is -2.23. The van der Waals surface area contributed by atoms with Crippen LogP contribution in [0, 0.1) is 23.7 Å². The van der Waals surface area contributed by atoms with Crippen molar-refractivity contribution in [2.45, 2.75) is 19.4 Å². The van der Waals surface area contributed by atoms with Gasteiger partial charge in [-0.1, -0.05) is 23.8 Å². The number of imide groups is 1. The van der Waals surface area contributed by atoms with Gasteiger partial charge in [-0.2, -0.15) is 0 Å². The van der Waals surface area contributed by atoms with Gasteiger partial charge in [-0.3, -0.25) is 34.9 Å². The SMILES string of the molecule is C[C@H](C(=O)OCC(=O)NNC(=O)c1ccc(Cl)cc1)N1C(=O)[C@@H]2[C@@H](C1=O)[C@H]1C=C[C@H]2C1. The van der Waals surface area contributed by atoms with Crippen LogP contribution in [0.3, 0.4) is 0 Å². The topological polar surface area (TPSA) is 122 Å². The molecule has 5 atom stereocenters. The van der Waals surface area contributed by atoms with Crippen LogP contribution in [0.15, 0.2) is 36.4 Å². The highest BCUT2D eigenvalue weighted by molar-refractivity contribution is 6.30. The number of hydrogen-bond acceptors (Lipinski definition) is 6. The zero-order chi connectivity index (χ0) is 22.3. The Morgan fingerprint density at radius 1 is 1.06 bits per heavy atom. The Morgan fingerprint density at radius 2 is 1.65 bits per heavy atom. The lowest BCUT2D eigenvalue weighted by molar-refractivity contribution is -0.160. The fourth-order valence-electron chi connectivity index (χ4n) is 4.51. The molecule has 1 heterocycles. The van der Waals surface area contributed by atoms with Gasteiger partial charge in [0.15, 0.2) is 6.61 Å². The molecule has 4 amide bonds. The molecular formula is C21H20ClN3O6. The van der Waals surface area contributed by atoms with Gasteiger partial charge in [0.1, 0.15) is 6.04 Å². The van der Waals surface area contributed by atoms with Crippen LogP contribution in [0.1, 0.15) is 23.7 Å². The van der Waals surface area contributed by atoms with E-state index in [9.17, 15) is 24.0 Å². The maximum absolute atomic E-state index is 12.7. The molecule has 2 N–H and O–H groups in total. The summed E-state index contributed by atoms with van der Waals surface area (Å²) in [5.74, 6) is -3.71. The number of carbonyl (C=O) groups excluding carboxylic acids is 5. The molecule has 4 rings (SSSR count). The molecule has 31 heavy (non-hydrogen) atoms. The van der Waals surface area contributed by atoms with Gasteiger partial charge < -0.3 is 4.74 Å². The summed E-state index contributed by atoms with van der Waals surface area (Å²) in [6.07, 6.45) is 4.72. The van der Waals surface area contributed by atoms with Gasteiger partial charge in [0.25, 0.3) is 11.8 Å². The monoisotopic (exact) mass is 445 g/mol. The largest absolute Gasteiger partial charge is 0.454 e. The summed E-state index contributed by atoms with van der Waals surface area (Å²) >= 11 is 5.75. The Kier molecular flexibility index (Phi) is 5.53. The van der Waals surface area contributed by atoms with E-state index in [1.54, 1.807) is 0 Å². The summed E-state index contributed by atoms with van der Waals surface area (Å²) in [4.78, 5) is 62.6. The van der Waals surface area contributed by atoms with Gasteiger partial charge in [-0.05, 0) is 49.4 Å². The van der Waals surface area contributed by atoms with Gasteiger partial charge in [-0.15, -0.1) is 0 Å². The fraction of sp³-hybridized carbons (Fsp3) is 0.381. The Hall–Kier alpha value is -3.20. The quantitative estimate of drug-likeness (QED) is 0.300. The number of allylic oxidation sites excluding steroid dienone is 2. The molecular weight excluding hydrogens is 426 g/mol. The van der Waals surface area contributed by atoms with Crippen molar-refractivity contribution >= 4 is 41.2 Å². The highest BCUT2D eigenvalue weighted by Gasteiger charge is 2.60. The number of nitrogens with one attached hydrogen (secondary N) is 2. The number of benzene rings is 1. The average Bonchev–Trinajstić information content (AvgIpc) is 3.44. The standard InChI is InChI=1S/C21H20ClN3O6/c1-10(25-19(28)16-12-2-3-13(8-12)17(16)20(25)29)21(30)31-9-15(26)23-24-18(27)11-4-6-14(22)7-5-11/h2-7,10,12-13,16-17H,8-9H2,1H3,(H,23,26)(H,24,27)/t10-,12+,13+,16+,17+/m1/s1. The third kappa shape index (κ3) is 3.81. The summed E-state index contributed by atoms with van der Waals surface area (Å²) in [6, 6.07) is 4.87. The molecule has 2 bridgehead atoms. The van der Waals surface area contributed by atoms with Crippen LogP contribution < -0.4 is 10.9 Å². The summed E-state index contributed by atoms with van der Waals surface area (Å²) < 4.78 is 4.94. The van der Waals surface area contributed by atoms with Crippen molar-refractivity contribution < 1.29 is 28.7 Å². The molecule has 0 spiro atoms. The summed E-state index contributed by atoms with van der Waals surface area (Å²) in [6.45, 7) is 0.717. The molecule has 2 aliphatic carbocycles. The molecule has 3 aliphatic rings. The molecule has 2 fully saturated rings. The minimum atomic E-state index is -1.14. The number of fused-ring (bicyclic) bond motifs is 5. The Balaban J connectivity index is 1.26. The Labute approximate surface area is 182 Å². The second-order valence-electron chi connectivity index (χ2n) is 7.84. The average molecular weight is 446 g/mol. The maximum Gasteiger partial charge on any atom is 0.329 e. The van der Waals surface area contributed by atoms with Crippen LogP contribution >= 0.6 is 11.6 Å². The van der Waals surface area contributed by atoms with Gasteiger partial charge in [-0.25, -0.2) is 4.79 Å². The number of halogens is 1. The third-order valence-corrected chi connectivity index (χ3v) is 6.25. The summed E-state index contributed by atoms with van der Waals surface area (Å²) in [5, 5.41) is 0.462. The van der Waals surface area contributed by atoms with Crippen molar-refractivity contribution in [2.75, 3.05) is 6.61 Å². The molecule has 1 aromatic rings. The number of carbonyl (C=O) groups is 5. The number of likely N-dealkylation sites (tertiary alicyclic amines) is 1. The Bertz CT molecular complexity index is 961. The van der Waals surface area contributed by atoms with Crippen molar-refractivity contribution in [2.24, 2.45) is 23.7 Å². The molecule has 1 saturated carbocycles. The maximum atomic E-state index is 12.7. The van der Waals surface area contributed by atoms with Crippen LogP contribution in [0.2, 0.25) is 5.02 Å². The number of hydrazine groups is 1. The van der Waals surface area contributed by atoms with Gasteiger partial charge in [0.2, 0.25) is 11.8 Å². The first-order valence-electron chi connectivity index (χ1n) is 9.84. The summed E-state index contributed by atoms with van der Waals surface area (Å²) in [5.41, 5.74) is 4.58. The smallest absolute Gasteiger partial charge is 0.329 e. The first-order valence-corrected chi connectivity index (χ1v) is 10.2. The number of ether oxygens (including phenoxy) is 1. The number of nitrogens with zero attached hydrogens (tertiary/aromatic N) is 1. The number of amides is 4. The number of esters is 1. The second-order valence-corrected chi connectivity index (χ2v) is 8.28. The van der Waals surface area contributed by atoms with E-state index >= 15 is 0 Å². The van der Waals surface area contributed by atoms with Crippen LogP contribution in [-0.2, 0) is 23.9 Å². The van der Waals surface area contributed by atoms with Crippen molar-refractivity contribution in [1.82, 2.24) is 15.8 Å². The van der Waals surface area contributed by atoms with Crippen molar-refractivity contribution in [3.63, 3.8) is 0 Å². The van der Waals surface area contributed by atoms with Gasteiger partial charge in [0.05, 0.1) is 11.8 Å². The first kappa shape index (κ1) is 21.0. The molecule has 1 aromatic carbocycles. The van der Waals surface area contributed by atoms with Crippen molar-refractivity contribution in [3.8, 4) is 0 Å². The van der Waals surface area contributed by atoms with Gasteiger partial charge in [0, 0.05) is 10.6 Å². The second kappa shape index (κ2) is 8.14. The normalized spacial score (nSPS) is 26.6. The minimum absolute atomic E-state index is 0.0368. The van der Waals surface area contributed by atoms with Crippen molar-refractivity contribution in [1.29, 1.82) is 0 Å². The predicted molar refractivity (Wildman–Crippen MR) is 107 cm³/mol. The highest BCUT2D eigenvalue weighted by atomic mass is 35.5. The van der Waals surface area contributed by atoms with Crippen LogP contribution in [-0.4, -0.2) is 47.1 Å². The van der Waals surface area contributed by atoms with E-state index in [1.807, 2.05) is 12.2 Å². The van der Waals surface area contributed by atoms with E-state index < -0.39 is 42.3 Å². The molecule has 0 aromatic heterocycles. The van der Waals surface area contributed by atoms with E-state index in [2.05, 4.69) is 10.9 Å². The zero-order valence-electron chi connectivity index (χ0n) is 16.5. The third-order valence-electron chi connectivity index (χ3n) is 6.00. The summed E-state index contributed by atoms with van der Waals surface area (Å²) in [7, 11) is 0. The predicted octanol–water partition coefficient (Wildman–Crippen LogP) is 0.840. The van der Waals surface area contributed by atoms with Gasteiger partial charge >= 0.3 is 5.97 Å². The molecule has 9 nitrogen and oxygen atoms in total. The van der Waals surface area contributed by atoms with E-state index in [-0.39, 0.29) is 29.2 Å². The number of rotatable bonds is 5. The lowest BCUT2D eigenvalue weighted by Crippen LogP contribution is -2.47. The van der Waals surface area contributed by atoms with E-state index in [4.69, 9.17) is 16.3 Å². The molecule has 162 valence electrons. The molecule has 1 saturated heterocycles. The van der Waals surface area contributed by atoms with Crippen LogP contribution in [0.4, 0.5) is 0 Å². The lowest BCUT2D eigenvalue weighted by atomic mass is 9.85. The van der Waals surface area contributed by atoms with E-state index in [0.29, 0.717) is 5.02 Å². The molecule has 0 unspecified atom stereocenters. The zero-order valence-corrected chi connectivity index (χ0v) is 17.3. The first-order chi connectivity index (χ1) is 14.8. The number of hydrogen-bond donors (Lipinski definition) is 2. The molecule has 10 heteroatoms. The molecule has 0 radical (unpaired) electrons. The van der Waals surface area contributed by atoms with Crippen LogP contribution in [0.25, 0.3) is 0 Å². The molecule has 1 aliphatic heterocycles. The van der Waals surface area contributed by atoms with E-state index in [1.165, 1.54) is 31.2 Å². The fourth-order valence-corrected chi connectivity index (χ4v) is 4.63. The Morgan fingerprint density at radius 3 is 2.23 bits per heavy atom. The van der Waals surface area contributed by atoms with Crippen molar-refractivity contribution in [3.05, 3.63) is 47.0 Å².